The fraction of sp³-hybridized carbons (Fsp3) is 0.467. The molecule has 1 rings (SSSR count). The number of halogens is 1. The van der Waals surface area contributed by atoms with Crippen LogP contribution in [0.25, 0.3) is 0 Å². The molecule has 0 fully saturated rings. The molecule has 100 valence electrons. The summed E-state index contributed by atoms with van der Waals surface area (Å²) in [6.07, 6.45) is 2.73. The van der Waals surface area contributed by atoms with Gasteiger partial charge in [-0.05, 0) is 42.5 Å². The van der Waals surface area contributed by atoms with Crippen molar-refractivity contribution in [2.24, 2.45) is 5.73 Å². The molecule has 3 heteroatoms. The molecule has 0 aliphatic carbocycles. The summed E-state index contributed by atoms with van der Waals surface area (Å²) in [5, 5.41) is 0.639. The fourth-order valence-electron chi connectivity index (χ4n) is 1.52. The Labute approximate surface area is 115 Å². The molecule has 0 saturated heterocycles. The average molecular weight is 268 g/mol. The van der Waals surface area contributed by atoms with Gasteiger partial charge < -0.3 is 10.5 Å². The van der Waals surface area contributed by atoms with Crippen LogP contribution in [0.2, 0.25) is 5.02 Å². The Morgan fingerprint density at radius 2 is 2.17 bits per heavy atom. The van der Waals surface area contributed by atoms with Crippen molar-refractivity contribution in [3.8, 4) is 5.75 Å². The van der Waals surface area contributed by atoms with E-state index in [1.807, 2.05) is 18.2 Å². The van der Waals surface area contributed by atoms with Gasteiger partial charge in [0, 0.05) is 6.04 Å². The molecule has 0 aliphatic rings. The molecule has 1 aromatic rings. The lowest BCUT2D eigenvalue weighted by molar-refractivity contribution is 0.349. The summed E-state index contributed by atoms with van der Waals surface area (Å²) in [6, 6.07) is 6.04. The summed E-state index contributed by atoms with van der Waals surface area (Å²) in [6.45, 7) is 8.56. The van der Waals surface area contributed by atoms with Crippen molar-refractivity contribution in [2.45, 2.75) is 39.2 Å². The van der Waals surface area contributed by atoms with Gasteiger partial charge in [0.05, 0.1) is 5.02 Å². The van der Waals surface area contributed by atoms with E-state index in [4.69, 9.17) is 22.1 Å². The van der Waals surface area contributed by atoms with E-state index >= 15 is 0 Å². The van der Waals surface area contributed by atoms with E-state index in [1.165, 1.54) is 0 Å². The van der Waals surface area contributed by atoms with Crippen molar-refractivity contribution in [3.05, 3.63) is 40.9 Å². The number of benzene rings is 1. The van der Waals surface area contributed by atoms with E-state index in [-0.39, 0.29) is 6.04 Å². The lowest BCUT2D eigenvalue weighted by Gasteiger charge is -2.12. The highest BCUT2D eigenvalue weighted by Crippen LogP contribution is 2.26. The normalized spacial score (nSPS) is 12.2. The Morgan fingerprint density at radius 1 is 1.44 bits per heavy atom. The Balaban J connectivity index is 2.64. The van der Waals surface area contributed by atoms with Gasteiger partial charge in [0.2, 0.25) is 0 Å². The quantitative estimate of drug-likeness (QED) is 0.759. The molecule has 0 aromatic heterocycles. The van der Waals surface area contributed by atoms with E-state index in [1.54, 1.807) is 0 Å². The van der Waals surface area contributed by atoms with Crippen LogP contribution in [-0.2, 0) is 6.42 Å². The van der Waals surface area contributed by atoms with Crippen LogP contribution in [0, 0.1) is 0 Å². The molecule has 18 heavy (non-hydrogen) atoms. The predicted octanol–water partition coefficient (Wildman–Crippen LogP) is 3.96. The van der Waals surface area contributed by atoms with Crippen molar-refractivity contribution in [1.82, 2.24) is 0 Å². The van der Waals surface area contributed by atoms with Crippen LogP contribution in [-0.4, -0.2) is 12.6 Å². The molecule has 1 unspecified atom stereocenters. The second-order valence-corrected chi connectivity index (χ2v) is 4.94. The zero-order valence-electron chi connectivity index (χ0n) is 11.2. The highest BCUT2D eigenvalue weighted by Gasteiger charge is 2.06. The van der Waals surface area contributed by atoms with Crippen molar-refractivity contribution in [3.63, 3.8) is 0 Å². The van der Waals surface area contributed by atoms with E-state index in [9.17, 15) is 0 Å². The maximum Gasteiger partial charge on any atom is 0.138 e. The van der Waals surface area contributed by atoms with Crippen LogP contribution in [0.5, 0.6) is 5.75 Å². The number of hydrogen-bond acceptors (Lipinski definition) is 2. The molecule has 0 heterocycles. The lowest BCUT2D eigenvalue weighted by Crippen LogP contribution is -2.21. The first kappa shape index (κ1) is 15.1. The SMILES string of the molecule is C=C(CC)COc1ccc(CC(N)CC)cc1Cl. The highest BCUT2D eigenvalue weighted by molar-refractivity contribution is 6.32. The Morgan fingerprint density at radius 3 is 2.72 bits per heavy atom. The molecule has 2 N–H and O–H groups in total. The lowest BCUT2D eigenvalue weighted by atomic mass is 10.0. The molecular weight excluding hydrogens is 246 g/mol. The molecule has 0 radical (unpaired) electrons. The van der Waals surface area contributed by atoms with Gasteiger partial charge in [-0.15, -0.1) is 0 Å². The van der Waals surface area contributed by atoms with E-state index in [0.717, 1.165) is 30.4 Å². The molecule has 0 saturated carbocycles. The zero-order chi connectivity index (χ0) is 13.5. The largest absolute Gasteiger partial charge is 0.488 e. The van der Waals surface area contributed by atoms with E-state index < -0.39 is 0 Å². The predicted molar refractivity (Wildman–Crippen MR) is 78.3 cm³/mol. The number of nitrogens with two attached hydrogens (primary N) is 1. The van der Waals surface area contributed by atoms with Gasteiger partial charge in [0.25, 0.3) is 0 Å². The van der Waals surface area contributed by atoms with Crippen molar-refractivity contribution >= 4 is 11.6 Å². The minimum absolute atomic E-state index is 0.188. The second-order valence-electron chi connectivity index (χ2n) is 4.53. The smallest absolute Gasteiger partial charge is 0.138 e. The second kappa shape index (κ2) is 7.45. The van der Waals surface area contributed by atoms with Crippen molar-refractivity contribution < 1.29 is 4.74 Å². The maximum atomic E-state index is 6.19. The van der Waals surface area contributed by atoms with Gasteiger partial charge in [-0.1, -0.05) is 38.1 Å². The molecular formula is C15H22ClNO. The van der Waals surface area contributed by atoms with Gasteiger partial charge >= 0.3 is 0 Å². The fourth-order valence-corrected chi connectivity index (χ4v) is 1.78. The van der Waals surface area contributed by atoms with Gasteiger partial charge in [0.15, 0.2) is 0 Å². The van der Waals surface area contributed by atoms with Gasteiger partial charge in [-0.3, -0.25) is 0 Å². The third-order valence-electron chi connectivity index (χ3n) is 2.95. The van der Waals surface area contributed by atoms with Crippen LogP contribution < -0.4 is 10.5 Å². The van der Waals surface area contributed by atoms with Crippen LogP contribution in [0.3, 0.4) is 0 Å². The number of hydrogen-bond donors (Lipinski definition) is 1. The monoisotopic (exact) mass is 267 g/mol. The summed E-state index contributed by atoms with van der Waals surface area (Å²) < 4.78 is 5.61. The van der Waals surface area contributed by atoms with Gasteiger partial charge in [-0.2, -0.15) is 0 Å². The Bertz CT molecular complexity index is 403. The van der Waals surface area contributed by atoms with Gasteiger partial charge in [-0.25, -0.2) is 0 Å². The molecule has 2 nitrogen and oxygen atoms in total. The molecule has 0 aliphatic heterocycles. The number of ether oxygens (including phenoxy) is 1. The average Bonchev–Trinajstić information content (AvgIpc) is 2.37. The van der Waals surface area contributed by atoms with Crippen molar-refractivity contribution in [1.29, 1.82) is 0 Å². The van der Waals surface area contributed by atoms with Gasteiger partial charge in [0.1, 0.15) is 12.4 Å². The molecule has 1 atom stereocenters. The minimum Gasteiger partial charge on any atom is -0.488 e. The first-order valence-electron chi connectivity index (χ1n) is 6.40. The molecule has 0 spiro atoms. The minimum atomic E-state index is 0.188. The summed E-state index contributed by atoms with van der Waals surface area (Å²) >= 11 is 6.19. The van der Waals surface area contributed by atoms with Crippen LogP contribution in [0.4, 0.5) is 0 Å². The Kier molecular flexibility index (Phi) is 6.23. The van der Waals surface area contributed by atoms with Crippen LogP contribution in [0.15, 0.2) is 30.4 Å². The summed E-state index contributed by atoms with van der Waals surface area (Å²) in [4.78, 5) is 0. The zero-order valence-corrected chi connectivity index (χ0v) is 12.0. The van der Waals surface area contributed by atoms with Crippen LogP contribution in [0.1, 0.15) is 32.3 Å². The van der Waals surface area contributed by atoms with E-state index in [2.05, 4.69) is 20.4 Å². The maximum absolute atomic E-state index is 6.19. The van der Waals surface area contributed by atoms with E-state index in [0.29, 0.717) is 17.4 Å². The highest BCUT2D eigenvalue weighted by atomic mass is 35.5. The molecule has 1 aromatic carbocycles. The third kappa shape index (κ3) is 4.71. The summed E-state index contributed by atoms with van der Waals surface area (Å²) in [7, 11) is 0. The van der Waals surface area contributed by atoms with Crippen molar-refractivity contribution in [2.75, 3.05) is 6.61 Å². The standard InChI is InChI=1S/C15H22ClNO/c1-4-11(3)10-18-15-7-6-12(9-14(15)16)8-13(17)5-2/h6-7,9,13H,3-5,8,10,17H2,1-2H3. The Hall–Kier alpha value is -0.990. The molecule has 0 bridgehead atoms. The topological polar surface area (TPSA) is 35.2 Å². The molecule has 0 amide bonds. The first-order valence-corrected chi connectivity index (χ1v) is 6.78. The first-order chi connectivity index (χ1) is 8.56. The third-order valence-corrected chi connectivity index (χ3v) is 3.25. The van der Waals surface area contributed by atoms with Crippen LogP contribution >= 0.6 is 11.6 Å². The number of rotatable bonds is 7. The summed E-state index contributed by atoms with van der Waals surface area (Å²) in [5.74, 6) is 0.708. The summed E-state index contributed by atoms with van der Waals surface area (Å²) in [5.41, 5.74) is 8.13.